The maximum atomic E-state index is 12.2. The van der Waals surface area contributed by atoms with E-state index in [9.17, 15) is 4.79 Å². The molecule has 0 unspecified atom stereocenters. The van der Waals surface area contributed by atoms with Crippen LogP contribution in [-0.2, 0) is 6.54 Å². The average Bonchev–Trinajstić information content (AvgIpc) is 3.15. The number of carbonyl (C=O) groups excluding carboxylic acids is 1. The van der Waals surface area contributed by atoms with Crippen LogP contribution in [0, 0.1) is 0 Å². The quantitative estimate of drug-likeness (QED) is 0.744. The zero-order valence-electron chi connectivity index (χ0n) is 14.5. The largest absolute Gasteiger partial charge is 0.497 e. The number of methoxy groups -OCH3 is 1. The maximum Gasteiger partial charge on any atom is 0.269 e. The highest BCUT2D eigenvalue weighted by Gasteiger charge is 2.27. The zero-order valence-corrected chi connectivity index (χ0v) is 14.5. The topological polar surface area (TPSA) is 68.2 Å². The van der Waals surface area contributed by atoms with E-state index in [0.29, 0.717) is 18.8 Å². The summed E-state index contributed by atoms with van der Waals surface area (Å²) in [5, 5.41) is 11.1. The Balaban J connectivity index is 1.61. The van der Waals surface area contributed by atoms with Crippen LogP contribution in [0.15, 0.2) is 60.7 Å². The summed E-state index contributed by atoms with van der Waals surface area (Å²) in [5.41, 5.74) is 3.41. The minimum absolute atomic E-state index is 0.0951. The lowest BCUT2D eigenvalue weighted by Gasteiger charge is -2.25. The van der Waals surface area contributed by atoms with Gasteiger partial charge in [0.05, 0.1) is 19.3 Å². The smallest absolute Gasteiger partial charge is 0.269 e. The van der Waals surface area contributed by atoms with Gasteiger partial charge in [0.25, 0.3) is 5.91 Å². The van der Waals surface area contributed by atoms with E-state index in [0.717, 1.165) is 17.0 Å². The van der Waals surface area contributed by atoms with Crippen molar-refractivity contribution in [1.29, 1.82) is 0 Å². The molecule has 132 valence electrons. The van der Waals surface area contributed by atoms with E-state index in [1.165, 1.54) is 5.56 Å². The fourth-order valence-electron chi connectivity index (χ4n) is 3.08. The number of benzene rings is 2. The molecule has 1 aliphatic rings. The molecule has 3 aromatic rings. The molecule has 2 N–H and O–H groups in total. The maximum absolute atomic E-state index is 12.2. The molecule has 0 spiro atoms. The van der Waals surface area contributed by atoms with Crippen LogP contribution < -0.4 is 15.4 Å². The Morgan fingerprint density at radius 3 is 2.85 bits per heavy atom. The highest BCUT2D eigenvalue weighted by Crippen LogP contribution is 2.25. The molecule has 6 nitrogen and oxygen atoms in total. The van der Waals surface area contributed by atoms with Gasteiger partial charge in [0.1, 0.15) is 17.6 Å². The third-order valence-electron chi connectivity index (χ3n) is 4.47. The van der Waals surface area contributed by atoms with E-state index < -0.39 is 0 Å². The second kappa shape index (κ2) is 7.01. The first-order valence-electron chi connectivity index (χ1n) is 8.54. The molecule has 0 fully saturated rings. The molecule has 0 saturated carbocycles. The predicted molar refractivity (Wildman–Crippen MR) is 98.9 cm³/mol. The molecule has 1 atom stereocenters. The van der Waals surface area contributed by atoms with Crippen molar-refractivity contribution in [3.8, 4) is 17.0 Å². The van der Waals surface area contributed by atoms with E-state index in [1.54, 1.807) is 11.8 Å². The number of hydrogen-bond acceptors (Lipinski definition) is 4. The summed E-state index contributed by atoms with van der Waals surface area (Å²) in [6, 6.07) is 19.7. The first kappa shape index (κ1) is 16.4. The van der Waals surface area contributed by atoms with E-state index in [1.807, 2.05) is 48.5 Å². The molecule has 26 heavy (non-hydrogen) atoms. The average molecular weight is 348 g/mol. The predicted octanol–water partition coefficient (Wildman–Crippen LogP) is 2.59. The van der Waals surface area contributed by atoms with Crippen LogP contribution >= 0.6 is 0 Å². The van der Waals surface area contributed by atoms with Gasteiger partial charge in [0.2, 0.25) is 0 Å². The molecule has 2 aromatic carbocycles. The Hall–Kier alpha value is -3.12. The Labute approximate surface area is 151 Å². The van der Waals surface area contributed by atoms with E-state index in [-0.39, 0.29) is 12.1 Å². The highest BCUT2D eigenvalue weighted by molar-refractivity contribution is 5.94. The molecule has 0 aliphatic carbocycles. The Kier molecular flexibility index (Phi) is 4.41. The summed E-state index contributed by atoms with van der Waals surface area (Å²) in [6.45, 7) is 1.20. The number of nitrogens with zero attached hydrogens (tertiary/aromatic N) is 2. The van der Waals surface area contributed by atoms with Crippen molar-refractivity contribution in [2.24, 2.45) is 0 Å². The van der Waals surface area contributed by atoms with Crippen LogP contribution in [0.25, 0.3) is 11.3 Å². The molecule has 0 saturated heterocycles. The second-order valence-corrected chi connectivity index (χ2v) is 6.18. The number of aromatic nitrogens is 2. The Bertz CT molecular complexity index is 921. The van der Waals surface area contributed by atoms with Crippen molar-refractivity contribution in [3.05, 3.63) is 71.9 Å². The molecule has 4 rings (SSSR count). The van der Waals surface area contributed by atoms with Crippen molar-refractivity contribution in [3.63, 3.8) is 0 Å². The summed E-state index contributed by atoms with van der Waals surface area (Å²) < 4.78 is 7.06. The van der Waals surface area contributed by atoms with Gasteiger partial charge < -0.3 is 10.1 Å². The first-order chi connectivity index (χ1) is 12.7. The Morgan fingerprint density at radius 2 is 2.04 bits per heavy atom. The van der Waals surface area contributed by atoms with E-state index in [2.05, 4.69) is 27.9 Å². The molecular formula is C20H20N4O2. The number of hydrogen-bond donors (Lipinski definition) is 2. The van der Waals surface area contributed by atoms with Gasteiger partial charge in [0.15, 0.2) is 0 Å². The van der Waals surface area contributed by atoms with Crippen LogP contribution in [-0.4, -0.2) is 29.3 Å². The number of nitrogens with one attached hydrogen (secondary N) is 2. The fraction of sp³-hybridized carbons (Fsp3) is 0.200. The van der Waals surface area contributed by atoms with E-state index >= 15 is 0 Å². The molecule has 6 heteroatoms. The van der Waals surface area contributed by atoms with Gasteiger partial charge in [-0.1, -0.05) is 42.5 Å². The highest BCUT2D eigenvalue weighted by atomic mass is 16.5. The third-order valence-corrected chi connectivity index (χ3v) is 4.47. The number of fused-ring (bicyclic) bond motifs is 1. The fourth-order valence-corrected chi connectivity index (χ4v) is 3.08. The second-order valence-electron chi connectivity index (χ2n) is 6.18. The number of ether oxygens (including phenoxy) is 1. The number of carbonyl (C=O) groups is 1. The van der Waals surface area contributed by atoms with Crippen molar-refractivity contribution >= 4 is 5.91 Å². The molecular weight excluding hydrogens is 328 g/mol. The molecule has 2 heterocycles. The summed E-state index contributed by atoms with van der Waals surface area (Å²) >= 11 is 0. The molecule has 0 radical (unpaired) electrons. The van der Waals surface area contributed by atoms with Crippen molar-refractivity contribution in [2.75, 3.05) is 13.7 Å². The van der Waals surface area contributed by atoms with E-state index in [4.69, 9.17) is 4.74 Å². The lowest BCUT2D eigenvalue weighted by molar-refractivity contribution is 0.0900. The summed E-state index contributed by atoms with van der Waals surface area (Å²) in [6.07, 6.45) is -0.0951. The lowest BCUT2D eigenvalue weighted by atomic mass is 10.1. The zero-order chi connectivity index (χ0) is 17.9. The van der Waals surface area contributed by atoms with Crippen LogP contribution in [0.1, 0.15) is 22.2 Å². The van der Waals surface area contributed by atoms with Gasteiger partial charge in [-0.15, -0.1) is 0 Å². The molecule has 1 aromatic heterocycles. The third kappa shape index (κ3) is 3.19. The number of amides is 1. The Morgan fingerprint density at radius 1 is 1.19 bits per heavy atom. The van der Waals surface area contributed by atoms with Crippen molar-refractivity contribution in [1.82, 2.24) is 20.4 Å². The van der Waals surface area contributed by atoms with Crippen LogP contribution in [0.4, 0.5) is 0 Å². The summed E-state index contributed by atoms with van der Waals surface area (Å²) in [5.74, 6) is 0.654. The van der Waals surface area contributed by atoms with Crippen LogP contribution in [0.5, 0.6) is 5.75 Å². The van der Waals surface area contributed by atoms with Gasteiger partial charge in [0, 0.05) is 12.1 Å². The minimum atomic E-state index is -0.107. The molecule has 1 amide bonds. The molecule has 1 aliphatic heterocycles. The van der Waals surface area contributed by atoms with Gasteiger partial charge in [-0.05, 0) is 23.8 Å². The molecule has 0 bridgehead atoms. The van der Waals surface area contributed by atoms with Gasteiger partial charge in [-0.2, -0.15) is 5.10 Å². The standard InChI is InChI=1S/C20H20N4O2/c1-26-16-9-5-8-15(10-16)17-11-18-20(25)22-13-19(24(18)23-17)21-12-14-6-3-2-4-7-14/h2-11,19,21H,12-13H2,1H3,(H,22,25)/t19-/m0/s1. The van der Waals surface area contributed by atoms with Gasteiger partial charge in [-0.25, -0.2) is 4.68 Å². The summed E-state index contributed by atoms with van der Waals surface area (Å²) in [7, 11) is 1.63. The normalized spacial score (nSPS) is 16.0. The van der Waals surface area contributed by atoms with Crippen LogP contribution in [0.3, 0.4) is 0 Å². The van der Waals surface area contributed by atoms with Crippen molar-refractivity contribution in [2.45, 2.75) is 12.7 Å². The number of rotatable bonds is 5. The van der Waals surface area contributed by atoms with Crippen LogP contribution in [0.2, 0.25) is 0 Å². The minimum Gasteiger partial charge on any atom is -0.497 e. The summed E-state index contributed by atoms with van der Waals surface area (Å²) in [4.78, 5) is 12.2. The monoisotopic (exact) mass is 348 g/mol. The van der Waals surface area contributed by atoms with Gasteiger partial charge >= 0.3 is 0 Å². The first-order valence-corrected chi connectivity index (χ1v) is 8.54. The van der Waals surface area contributed by atoms with Crippen molar-refractivity contribution < 1.29 is 9.53 Å². The SMILES string of the molecule is COc1cccc(-c2cc3n(n2)[C@H](NCc2ccccc2)CNC3=O)c1. The lowest BCUT2D eigenvalue weighted by Crippen LogP contribution is -2.45. The van der Waals surface area contributed by atoms with Gasteiger partial charge in [-0.3, -0.25) is 10.1 Å².